The SMILES string of the molecule is O=C(NC12CC(c3nnc([C@H]4C[C@@H](OC(F)(F)F)C4)o3)(C1)C2)c1ccc2cc(Br)ccc2n1. The highest BCUT2D eigenvalue weighted by atomic mass is 79.9. The number of benzene rings is 1. The van der Waals surface area contributed by atoms with Crippen molar-refractivity contribution in [3.63, 3.8) is 0 Å². The Labute approximate surface area is 194 Å². The third kappa shape index (κ3) is 3.61. The van der Waals surface area contributed by atoms with Gasteiger partial charge in [-0.2, -0.15) is 0 Å². The van der Waals surface area contributed by atoms with Crippen molar-refractivity contribution in [3.05, 3.63) is 52.3 Å². The molecular formula is C22H18BrF3N4O3. The standard InChI is InChI=1S/C22H18BrF3N4O3/c23-13-2-4-15-11(5-13)1-3-16(27-15)17(31)28-21-8-20(9-21,10-21)19-30-29-18(32-19)12-6-14(7-12)33-22(24,25)26/h1-5,12,14H,6-10H2,(H,28,31)/t12-,14+,20?,21?. The maximum Gasteiger partial charge on any atom is 0.522 e. The highest BCUT2D eigenvalue weighted by Crippen LogP contribution is 2.67. The van der Waals surface area contributed by atoms with Crippen LogP contribution in [0.15, 0.2) is 39.2 Å². The van der Waals surface area contributed by atoms with Crippen LogP contribution in [0.25, 0.3) is 10.9 Å². The number of aromatic nitrogens is 3. The number of amides is 1. The number of carbonyl (C=O) groups excluding carboxylic acids is 1. The minimum absolute atomic E-state index is 0.209. The predicted molar refractivity (Wildman–Crippen MR) is 112 cm³/mol. The first-order valence-electron chi connectivity index (χ1n) is 10.6. The van der Waals surface area contributed by atoms with Crippen molar-refractivity contribution in [1.82, 2.24) is 20.5 Å². The van der Waals surface area contributed by atoms with Gasteiger partial charge in [0.1, 0.15) is 5.69 Å². The Kier molecular flexibility index (Phi) is 4.45. The molecule has 1 aromatic carbocycles. The Hall–Kier alpha value is -2.53. The molecule has 4 aliphatic rings. The molecule has 4 aliphatic carbocycles. The molecule has 3 aromatic rings. The van der Waals surface area contributed by atoms with Gasteiger partial charge in [-0.05, 0) is 56.4 Å². The molecule has 2 bridgehead atoms. The van der Waals surface area contributed by atoms with Gasteiger partial charge in [-0.1, -0.05) is 22.0 Å². The molecule has 0 radical (unpaired) electrons. The van der Waals surface area contributed by atoms with Crippen molar-refractivity contribution in [2.75, 3.05) is 0 Å². The molecule has 4 fully saturated rings. The van der Waals surface area contributed by atoms with E-state index in [1.54, 1.807) is 6.07 Å². The predicted octanol–water partition coefficient (Wildman–Crippen LogP) is 4.77. The van der Waals surface area contributed by atoms with E-state index in [1.807, 2.05) is 24.3 Å². The van der Waals surface area contributed by atoms with Gasteiger partial charge >= 0.3 is 6.36 Å². The molecule has 0 atom stereocenters. The number of halogens is 4. The van der Waals surface area contributed by atoms with Gasteiger partial charge in [-0.25, -0.2) is 4.98 Å². The fourth-order valence-electron chi connectivity index (χ4n) is 5.34. The maximum absolute atomic E-state index is 12.8. The van der Waals surface area contributed by atoms with Gasteiger partial charge in [0.25, 0.3) is 5.91 Å². The summed E-state index contributed by atoms with van der Waals surface area (Å²) in [5.41, 5.74) is 0.554. The average molecular weight is 523 g/mol. The molecule has 1 amide bonds. The summed E-state index contributed by atoms with van der Waals surface area (Å²) in [4.78, 5) is 17.2. The third-order valence-corrected chi connectivity index (χ3v) is 7.42. The Morgan fingerprint density at radius 3 is 2.64 bits per heavy atom. The molecule has 2 heterocycles. The van der Waals surface area contributed by atoms with Crippen molar-refractivity contribution in [1.29, 1.82) is 0 Å². The number of alkyl halides is 3. The third-order valence-electron chi connectivity index (χ3n) is 6.93. The summed E-state index contributed by atoms with van der Waals surface area (Å²) in [5, 5.41) is 12.3. The van der Waals surface area contributed by atoms with Crippen LogP contribution in [0.2, 0.25) is 0 Å². The van der Waals surface area contributed by atoms with Gasteiger partial charge in [0.15, 0.2) is 0 Å². The zero-order valence-corrected chi connectivity index (χ0v) is 18.7. The lowest BCUT2D eigenvalue weighted by atomic mass is 9.39. The van der Waals surface area contributed by atoms with Crippen LogP contribution in [0.1, 0.15) is 60.3 Å². The average Bonchev–Trinajstić information content (AvgIpc) is 3.13. The lowest BCUT2D eigenvalue weighted by Crippen LogP contribution is -2.76. The fourth-order valence-corrected chi connectivity index (χ4v) is 5.72. The first-order chi connectivity index (χ1) is 15.6. The van der Waals surface area contributed by atoms with E-state index in [1.165, 1.54) is 0 Å². The first-order valence-corrected chi connectivity index (χ1v) is 11.4. The molecule has 33 heavy (non-hydrogen) atoms. The number of hydrogen-bond donors (Lipinski definition) is 1. The highest BCUT2D eigenvalue weighted by molar-refractivity contribution is 9.10. The summed E-state index contributed by atoms with van der Waals surface area (Å²) < 4.78 is 47.6. The Morgan fingerprint density at radius 1 is 1.15 bits per heavy atom. The van der Waals surface area contributed by atoms with Crippen LogP contribution in [-0.2, 0) is 10.2 Å². The highest BCUT2D eigenvalue weighted by Gasteiger charge is 2.72. The molecule has 7 rings (SSSR count). The summed E-state index contributed by atoms with van der Waals surface area (Å²) >= 11 is 3.42. The van der Waals surface area contributed by atoms with E-state index in [-0.39, 0.29) is 35.6 Å². The largest absolute Gasteiger partial charge is 0.522 e. The van der Waals surface area contributed by atoms with Gasteiger partial charge < -0.3 is 9.73 Å². The van der Waals surface area contributed by atoms with E-state index in [0.717, 1.165) is 15.4 Å². The number of ether oxygens (including phenoxy) is 1. The minimum Gasteiger partial charge on any atom is -0.424 e. The lowest BCUT2D eigenvalue weighted by molar-refractivity contribution is -0.352. The number of nitrogens with one attached hydrogen (secondary N) is 1. The van der Waals surface area contributed by atoms with Gasteiger partial charge in [-0.15, -0.1) is 23.4 Å². The van der Waals surface area contributed by atoms with E-state index in [4.69, 9.17) is 4.42 Å². The van der Waals surface area contributed by atoms with Crippen LogP contribution in [0.4, 0.5) is 13.2 Å². The zero-order chi connectivity index (χ0) is 23.0. The summed E-state index contributed by atoms with van der Waals surface area (Å²) in [6.45, 7) is 0. The molecule has 0 unspecified atom stereocenters. The second kappa shape index (κ2) is 6.99. The maximum atomic E-state index is 12.8. The zero-order valence-electron chi connectivity index (χ0n) is 17.2. The second-order valence-electron chi connectivity index (χ2n) is 9.38. The second-order valence-corrected chi connectivity index (χ2v) is 10.3. The summed E-state index contributed by atoms with van der Waals surface area (Å²) in [5.74, 6) is 0.439. The molecule has 0 spiro atoms. The minimum atomic E-state index is -4.63. The van der Waals surface area contributed by atoms with E-state index in [2.05, 4.69) is 41.2 Å². The van der Waals surface area contributed by atoms with Crippen LogP contribution in [0.5, 0.6) is 0 Å². The van der Waals surface area contributed by atoms with Crippen LogP contribution in [0, 0.1) is 0 Å². The quantitative estimate of drug-likeness (QED) is 0.519. The number of pyridine rings is 1. The normalized spacial score (nSPS) is 30.3. The van der Waals surface area contributed by atoms with Gasteiger partial charge in [0.2, 0.25) is 11.8 Å². The molecule has 7 nitrogen and oxygen atoms in total. The smallest absolute Gasteiger partial charge is 0.424 e. The summed E-state index contributed by atoms with van der Waals surface area (Å²) in [6.07, 6.45) is -2.98. The van der Waals surface area contributed by atoms with Crippen molar-refractivity contribution in [3.8, 4) is 0 Å². The van der Waals surface area contributed by atoms with Gasteiger partial charge in [0, 0.05) is 21.3 Å². The van der Waals surface area contributed by atoms with Crippen molar-refractivity contribution >= 4 is 32.7 Å². The number of rotatable bonds is 5. The molecule has 11 heteroatoms. The van der Waals surface area contributed by atoms with Crippen molar-refractivity contribution in [2.45, 2.75) is 61.4 Å². The van der Waals surface area contributed by atoms with Gasteiger partial charge in [-0.3, -0.25) is 9.53 Å². The molecule has 1 N–H and O–H groups in total. The number of fused-ring (bicyclic) bond motifs is 1. The van der Waals surface area contributed by atoms with E-state index < -0.39 is 12.5 Å². The van der Waals surface area contributed by atoms with Crippen LogP contribution >= 0.6 is 15.9 Å². The summed E-state index contributed by atoms with van der Waals surface area (Å²) in [6, 6.07) is 9.27. The number of hydrogen-bond acceptors (Lipinski definition) is 6. The van der Waals surface area contributed by atoms with Gasteiger partial charge in [0.05, 0.1) is 17.0 Å². The number of nitrogens with zero attached hydrogens (tertiary/aromatic N) is 3. The molecule has 0 aliphatic heterocycles. The molecule has 0 saturated heterocycles. The number of carbonyl (C=O) groups is 1. The summed E-state index contributed by atoms with van der Waals surface area (Å²) in [7, 11) is 0. The van der Waals surface area contributed by atoms with Crippen molar-refractivity contribution < 1.29 is 27.1 Å². The topological polar surface area (TPSA) is 90.1 Å². The molecule has 172 valence electrons. The molecular weight excluding hydrogens is 505 g/mol. The molecule has 2 aromatic heterocycles. The van der Waals surface area contributed by atoms with Crippen molar-refractivity contribution in [2.24, 2.45) is 0 Å². The lowest BCUT2D eigenvalue weighted by Gasteiger charge is -2.68. The monoisotopic (exact) mass is 522 g/mol. The Balaban J connectivity index is 1.06. The first kappa shape index (κ1) is 21.0. The Morgan fingerprint density at radius 2 is 1.91 bits per heavy atom. The van der Waals surface area contributed by atoms with Crippen LogP contribution in [-0.4, -0.2) is 39.1 Å². The van der Waals surface area contributed by atoms with E-state index in [9.17, 15) is 18.0 Å². The van der Waals surface area contributed by atoms with Crippen LogP contribution in [0.3, 0.4) is 0 Å². The van der Waals surface area contributed by atoms with Crippen LogP contribution < -0.4 is 5.32 Å². The van der Waals surface area contributed by atoms with E-state index in [0.29, 0.717) is 36.7 Å². The fraction of sp³-hybridized carbons (Fsp3) is 0.455. The van der Waals surface area contributed by atoms with E-state index >= 15 is 0 Å². The molecule has 4 saturated carbocycles. The Bertz CT molecular complexity index is 1250.